The van der Waals surface area contributed by atoms with Gasteiger partial charge in [0.15, 0.2) is 0 Å². The zero-order valence-corrected chi connectivity index (χ0v) is 12.7. The molecule has 0 aliphatic carbocycles. The number of imide groups is 1. The van der Waals surface area contributed by atoms with Gasteiger partial charge in [0.05, 0.1) is 16.8 Å². The highest BCUT2D eigenvalue weighted by atomic mass is 32.2. The van der Waals surface area contributed by atoms with Crippen molar-refractivity contribution in [1.82, 2.24) is 9.31 Å². The van der Waals surface area contributed by atoms with Crippen LogP contribution in [0.5, 0.6) is 0 Å². The van der Waals surface area contributed by atoms with Gasteiger partial charge in [-0.05, 0) is 48.7 Å². The maximum Gasteiger partial charge on any atom is 0.262 e. The summed E-state index contributed by atoms with van der Waals surface area (Å²) >= 11 is 1.50. The third kappa shape index (κ3) is 2.00. The number of hydrogen-bond donors (Lipinski definition) is 1. The number of nitrogens with one attached hydrogen (secondary N) is 1. The highest BCUT2D eigenvalue weighted by Gasteiger charge is 2.37. The number of amides is 2. The van der Waals surface area contributed by atoms with Crippen molar-refractivity contribution in [2.24, 2.45) is 0 Å². The summed E-state index contributed by atoms with van der Waals surface area (Å²) in [6.07, 6.45) is 0. The van der Waals surface area contributed by atoms with Gasteiger partial charge in [0.25, 0.3) is 11.8 Å². The number of rotatable bonds is 2. The first-order chi connectivity index (χ1) is 10.6. The van der Waals surface area contributed by atoms with Crippen LogP contribution in [0.3, 0.4) is 0 Å². The first-order valence-corrected chi connectivity index (χ1v) is 7.69. The van der Waals surface area contributed by atoms with Gasteiger partial charge < -0.3 is 5.43 Å². The Morgan fingerprint density at radius 2 is 1.73 bits per heavy atom. The Balaban J connectivity index is 1.55. The van der Waals surface area contributed by atoms with E-state index in [0.717, 1.165) is 10.6 Å². The number of nitrogens with zero attached hydrogens (tertiary/aromatic N) is 2. The third-order valence-corrected chi connectivity index (χ3v) is 4.70. The van der Waals surface area contributed by atoms with E-state index < -0.39 is 0 Å². The van der Waals surface area contributed by atoms with Gasteiger partial charge in [-0.15, -0.1) is 4.41 Å². The molecule has 0 spiro atoms. The van der Waals surface area contributed by atoms with Crippen LogP contribution >= 0.6 is 11.9 Å². The van der Waals surface area contributed by atoms with Crippen molar-refractivity contribution in [2.75, 3.05) is 12.1 Å². The van der Waals surface area contributed by atoms with Crippen LogP contribution in [-0.4, -0.2) is 27.8 Å². The van der Waals surface area contributed by atoms with Crippen LogP contribution in [0.4, 0.5) is 5.69 Å². The van der Waals surface area contributed by atoms with Gasteiger partial charge in [-0.25, -0.2) is 0 Å². The van der Waals surface area contributed by atoms with Crippen LogP contribution in [0, 0.1) is 6.92 Å². The van der Waals surface area contributed by atoms with Gasteiger partial charge in [-0.2, -0.15) is 0 Å². The van der Waals surface area contributed by atoms with Gasteiger partial charge in [-0.3, -0.25) is 14.5 Å². The molecule has 0 saturated heterocycles. The first kappa shape index (κ1) is 13.4. The van der Waals surface area contributed by atoms with Gasteiger partial charge in [-0.1, -0.05) is 18.2 Å². The second kappa shape index (κ2) is 4.86. The summed E-state index contributed by atoms with van der Waals surface area (Å²) in [5, 5.41) is 0. The van der Waals surface area contributed by atoms with Crippen molar-refractivity contribution < 1.29 is 9.59 Å². The van der Waals surface area contributed by atoms with Crippen LogP contribution in [-0.2, 0) is 0 Å². The monoisotopic (exact) mass is 311 g/mol. The summed E-state index contributed by atoms with van der Waals surface area (Å²) in [6, 6.07) is 13.0. The summed E-state index contributed by atoms with van der Waals surface area (Å²) in [5.41, 5.74) is 6.33. The minimum atomic E-state index is -0.241. The highest BCUT2D eigenvalue weighted by molar-refractivity contribution is 7.97. The van der Waals surface area contributed by atoms with Crippen LogP contribution in [0.25, 0.3) is 0 Å². The molecule has 0 unspecified atom stereocenters. The Hall–Kier alpha value is -2.31. The number of aryl methyl sites for hydroxylation is 1. The Morgan fingerprint density at radius 3 is 2.41 bits per heavy atom. The van der Waals surface area contributed by atoms with E-state index in [-0.39, 0.29) is 18.5 Å². The van der Waals surface area contributed by atoms with Gasteiger partial charge in [0, 0.05) is 4.90 Å². The molecule has 2 aliphatic rings. The fourth-order valence-corrected chi connectivity index (χ4v) is 3.64. The molecule has 0 bridgehead atoms. The van der Waals surface area contributed by atoms with E-state index in [4.69, 9.17) is 0 Å². The summed E-state index contributed by atoms with van der Waals surface area (Å²) in [4.78, 5) is 27.1. The van der Waals surface area contributed by atoms with Crippen LogP contribution in [0.2, 0.25) is 0 Å². The lowest BCUT2D eigenvalue weighted by atomic mass is 10.1. The number of carbonyl (C=O) groups is 2. The van der Waals surface area contributed by atoms with E-state index in [1.165, 1.54) is 22.4 Å². The van der Waals surface area contributed by atoms with Crippen molar-refractivity contribution >= 4 is 29.4 Å². The Kier molecular flexibility index (Phi) is 2.95. The molecule has 5 nitrogen and oxygen atoms in total. The van der Waals surface area contributed by atoms with E-state index in [1.54, 1.807) is 28.7 Å². The standard InChI is InChI=1S/C16H13N3O2S/c1-10-6-7-13-14(8-10)22-19(17-13)9-18-15(20)11-4-2-3-5-12(11)16(18)21/h2-8,17H,9H2,1H3. The van der Waals surface area contributed by atoms with Crippen LogP contribution in [0.15, 0.2) is 47.4 Å². The molecule has 110 valence electrons. The molecule has 4 rings (SSSR count). The summed E-state index contributed by atoms with van der Waals surface area (Å²) < 4.78 is 1.80. The van der Waals surface area contributed by atoms with Gasteiger partial charge in [0.1, 0.15) is 6.67 Å². The Bertz CT molecular complexity index is 771. The molecule has 2 amide bonds. The number of anilines is 1. The predicted molar refractivity (Wildman–Crippen MR) is 84.3 cm³/mol. The largest absolute Gasteiger partial charge is 0.306 e. The van der Waals surface area contributed by atoms with E-state index in [2.05, 4.69) is 11.5 Å². The van der Waals surface area contributed by atoms with E-state index in [9.17, 15) is 9.59 Å². The Morgan fingerprint density at radius 1 is 1.05 bits per heavy atom. The first-order valence-electron chi connectivity index (χ1n) is 6.91. The second-order valence-electron chi connectivity index (χ2n) is 5.31. The van der Waals surface area contributed by atoms with E-state index in [0.29, 0.717) is 11.1 Å². The predicted octanol–water partition coefficient (Wildman–Crippen LogP) is 2.90. The molecule has 1 N–H and O–H groups in total. The molecule has 0 aromatic heterocycles. The maximum atomic E-state index is 12.4. The molecule has 0 radical (unpaired) electrons. The van der Waals surface area contributed by atoms with Crippen LogP contribution in [0.1, 0.15) is 26.3 Å². The Labute approximate surface area is 132 Å². The molecule has 2 aromatic carbocycles. The van der Waals surface area contributed by atoms with Crippen molar-refractivity contribution in [3.63, 3.8) is 0 Å². The van der Waals surface area contributed by atoms with Gasteiger partial charge in [0.2, 0.25) is 0 Å². The number of fused-ring (bicyclic) bond motifs is 2. The molecular formula is C16H13N3O2S. The average molecular weight is 311 g/mol. The summed E-state index contributed by atoms with van der Waals surface area (Å²) in [5.74, 6) is -0.481. The van der Waals surface area contributed by atoms with Gasteiger partial charge >= 0.3 is 0 Å². The van der Waals surface area contributed by atoms with E-state index >= 15 is 0 Å². The minimum Gasteiger partial charge on any atom is -0.306 e. The van der Waals surface area contributed by atoms with E-state index in [1.807, 2.05) is 19.1 Å². The zero-order chi connectivity index (χ0) is 15.3. The molecule has 2 aromatic rings. The molecule has 0 saturated carbocycles. The lowest BCUT2D eigenvalue weighted by Gasteiger charge is -2.21. The highest BCUT2D eigenvalue weighted by Crippen LogP contribution is 2.38. The molecular weight excluding hydrogens is 298 g/mol. The molecule has 0 atom stereocenters. The maximum absolute atomic E-state index is 12.4. The molecule has 2 aliphatic heterocycles. The topological polar surface area (TPSA) is 52.7 Å². The number of hydrazine groups is 1. The number of carbonyl (C=O) groups excluding carboxylic acids is 2. The smallest absolute Gasteiger partial charge is 0.262 e. The van der Waals surface area contributed by atoms with Crippen molar-refractivity contribution in [1.29, 1.82) is 0 Å². The lowest BCUT2D eigenvalue weighted by Crippen LogP contribution is -2.39. The minimum absolute atomic E-state index is 0.199. The van der Waals surface area contributed by atoms with Crippen molar-refractivity contribution in [2.45, 2.75) is 11.8 Å². The molecule has 0 fully saturated rings. The molecule has 2 heterocycles. The van der Waals surface area contributed by atoms with Crippen molar-refractivity contribution in [3.05, 3.63) is 59.2 Å². The molecule has 22 heavy (non-hydrogen) atoms. The lowest BCUT2D eigenvalue weighted by molar-refractivity contribution is 0.0617. The fourth-order valence-electron chi connectivity index (χ4n) is 2.63. The number of hydrogen-bond acceptors (Lipinski definition) is 5. The number of benzene rings is 2. The quantitative estimate of drug-likeness (QED) is 0.683. The summed E-state index contributed by atoms with van der Waals surface area (Å²) in [7, 11) is 0. The average Bonchev–Trinajstić information content (AvgIpc) is 3.02. The third-order valence-electron chi connectivity index (χ3n) is 3.74. The molecule has 6 heteroatoms. The second-order valence-corrected chi connectivity index (χ2v) is 6.37. The zero-order valence-electron chi connectivity index (χ0n) is 11.9. The SMILES string of the molecule is Cc1ccc2c(c1)SN(CN1C(=O)c3ccccc3C1=O)N2. The fraction of sp³-hybridized carbons (Fsp3) is 0.125. The van der Waals surface area contributed by atoms with Crippen molar-refractivity contribution in [3.8, 4) is 0 Å². The summed E-state index contributed by atoms with van der Waals surface area (Å²) in [6.45, 7) is 2.23. The normalized spacial score (nSPS) is 16.7. The van der Waals surface area contributed by atoms with Crippen LogP contribution < -0.4 is 5.43 Å².